The number of rotatable bonds is 6. The molecule has 0 atom stereocenters. The zero-order valence-corrected chi connectivity index (χ0v) is 12.4. The molecule has 0 aliphatic heterocycles. The lowest BCUT2D eigenvalue weighted by Crippen LogP contribution is -2.50. The number of nitrogens with zero attached hydrogens (tertiary/aromatic N) is 1. The lowest BCUT2D eigenvalue weighted by atomic mass is 10.4. The zero-order chi connectivity index (χ0) is 12.3. The Kier molecular flexibility index (Phi) is 5.27. The maximum absolute atomic E-state index is 10.5. The molecular formula is C8H21ClNO3SSi+. The lowest BCUT2D eigenvalue weighted by molar-refractivity contribution is -0.880. The molecule has 0 heterocycles. The minimum atomic E-state index is -3.82. The van der Waals surface area contributed by atoms with E-state index in [1.54, 1.807) is 0 Å². The zero-order valence-electron chi connectivity index (χ0n) is 9.83. The highest BCUT2D eigenvalue weighted by Crippen LogP contribution is 2.13. The van der Waals surface area contributed by atoms with Crippen LogP contribution >= 0.6 is 11.1 Å². The van der Waals surface area contributed by atoms with Crippen molar-refractivity contribution in [3.63, 3.8) is 0 Å². The Hall–Kier alpha value is 0.377. The van der Waals surface area contributed by atoms with Crippen LogP contribution in [0.4, 0.5) is 0 Å². The van der Waals surface area contributed by atoms with E-state index in [4.69, 9.17) is 15.6 Å². The van der Waals surface area contributed by atoms with Gasteiger partial charge in [-0.1, -0.05) is 13.1 Å². The first-order valence-corrected chi connectivity index (χ1v) is 10.7. The molecule has 0 saturated heterocycles. The molecule has 0 unspecified atom stereocenters. The normalized spacial score (nSPS) is 14.3. The van der Waals surface area contributed by atoms with Crippen LogP contribution in [-0.4, -0.2) is 57.4 Å². The molecule has 0 aliphatic rings. The molecule has 0 rings (SSSR count). The molecule has 0 aliphatic carbocycles. The summed E-state index contributed by atoms with van der Waals surface area (Å²) in [4.78, 5) is 0. The second kappa shape index (κ2) is 5.14. The van der Waals surface area contributed by atoms with Gasteiger partial charge < -0.3 is 4.48 Å². The van der Waals surface area contributed by atoms with Crippen molar-refractivity contribution in [2.24, 2.45) is 0 Å². The van der Waals surface area contributed by atoms with E-state index in [-0.39, 0.29) is 5.75 Å². The number of hydrogen-bond donors (Lipinski definition) is 1. The molecule has 15 heavy (non-hydrogen) atoms. The Labute approximate surface area is 98.3 Å². The van der Waals surface area contributed by atoms with Crippen LogP contribution in [0.5, 0.6) is 0 Å². The quantitative estimate of drug-likeness (QED) is 0.344. The molecule has 0 radical (unpaired) electrons. The predicted molar refractivity (Wildman–Crippen MR) is 66.2 cm³/mol. The van der Waals surface area contributed by atoms with E-state index in [2.05, 4.69) is 13.1 Å². The smallest absolute Gasteiger partial charge is 0.265 e. The minimum Gasteiger partial charge on any atom is -0.331 e. The summed E-state index contributed by atoms with van der Waals surface area (Å²) in [6.07, 6.45) is 1.35. The van der Waals surface area contributed by atoms with Crippen LogP contribution in [0.25, 0.3) is 0 Å². The van der Waals surface area contributed by atoms with Gasteiger partial charge in [-0.3, -0.25) is 4.55 Å². The molecule has 0 aromatic rings. The molecule has 0 saturated carbocycles. The maximum Gasteiger partial charge on any atom is 0.265 e. The first kappa shape index (κ1) is 15.4. The van der Waals surface area contributed by atoms with Crippen LogP contribution in [0.3, 0.4) is 0 Å². The third kappa shape index (κ3) is 10.7. The molecule has 0 spiro atoms. The molecule has 0 bridgehead atoms. The molecule has 0 amide bonds. The van der Waals surface area contributed by atoms with Crippen LogP contribution in [-0.2, 0) is 10.1 Å². The van der Waals surface area contributed by atoms with Gasteiger partial charge in [0, 0.05) is 6.42 Å². The van der Waals surface area contributed by atoms with Gasteiger partial charge >= 0.3 is 0 Å². The summed E-state index contributed by atoms with van der Waals surface area (Å²) in [5.41, 5.74) is 0. The van der Waals surface area contributed by atoms with Crippen molar-refractivity contribution in [2.75, 3.05) is 32.6 Å². The fourth-order valence-electron chi connectivity index (χ4n) is 1.77. The highest BCUT2D eigenvalue weighted by Gasteiger charge is 2.28. The Balaban J connectivity index is 4.06. The van der Waals surface area contributed by atoms with Crippen molar-refractivity contribution in [1.29, 1.82) is 0 Å². The average molecular weight is 275 g/mol. The summed E-state index contributed by atoms with van der Waals surface area (Å²) in [6.45, 7) is 4.84. The van der Waals surface area contributed by atoms with E-state index >= 15 is 0 Å². The molecule has 7 heteroatoms. The van der Waals surface area contributed by atoms with Crippen molar-refractivity contribution < 1.29 is 17.5 Å². The van der Waals surface area contributed by atoms with Gasteiger partial charge in [0.15, 0.2) is 0 Å². The van der Waals surface area contributed by atoms with E-state index in [9.17, 15) is 8.42 Å². The van der Waals surface area contributed by atoms with E-state index < -0.39 is 17.5 Å². The van der Waals surface area contributed by atoms with Gasteiger partial charge in [0.05, 0.1) is 32.6 Å². The van der Waals surface area contributed by atoms with Crippen molar-refractivity contribution >= 4 is 28.6 Å². The predicted octanol–water partition coefficient (Wildman–Crippen LogP) is 1.32. The number of halogens is 1. The summed E-state index contributed by atoms with van der Waals surface area (Å²) in [6, 6.07) is 0. The highest BCUT2D eigenvalue weighted by molar-refractivity contribution is 7.85. The van der Waals surface area contributed by atoms with E-state index in [0.717, 1.165) is 6.17 Å². The summed E-state index contributed by atoms with van der Waals surface area (Å²) in [5, 5.41) is 0. The molecule has 0 aromatic carbocycles. The summed E-state index contributed by atoms with van der Waals surface area (Å²) >= 11 is 6.24. The monoisotopic (exact) mass is 274 g/mol. The van der Waals surface area contributed by atoms with Gasteiger partial charge in [-0.05, 0) is 0 Å². The largest absolute Gasteiger partial charge is 0.331 e. The third-order valence-electron chi connectivity index (χ3n) is 1.97. The summed E-state index contributed by atoms with van der Waals surface area (Å²) < 4.78 is 30.4. The second-order valence-corrected chi connectivity index (χ2v) is 13.6. The van der Waals surface area contributed by atoms with E-state index in [1.807, 2.05) is 14.1 Å². The molecule has 4 nitrogen and oxygen atoms in total. The number of quaternary nitrogens is 1. The standard InChI is InChI=1S/C8H20ClNO3SSi/c1-10(2,8-15(3,4)9)6-5-7-14(11,12)13/h5-8H2,1-4H3/p+1. The molecule has 92 valence electrons. The maximum atomic E-state index is 10.5. The average Bonchev–Trinajstić information content (AvgIpc) is 1.75. The fraction of sp³-hybridized carbons (Fsp3) is 1.00. The van der Waals surface area contributed by atoms with Gasteiger partial charge in [-0.15, -0.1) is 0 Å². The Morgan fingerprint density at radius 3 is 2.13 bits per heavy atom. The fourth-order valence-corrected chi connectivity index (χ4v) is 5.43. The van der Waals surface area contributed by atoms with Crippen LogP contribution < -0.4 is 0 Å². The van der Waals surface area contributed by atoms with Gasteiger partial charge in [-0.25, -0.2) is 0 Å². The Bertz CT molecular complexity index is 297. The second-order valence-electron chi connectivity index (χ2n) is 5.18. The number of hydrogen-bond acceptors (Lipinski definition) is 2. The van der Waals surface area contributed by atoms with Crippen molar-refractivity contribution in [3.8, 4) is 0 Å². The highest BCUT2D eigenvalue weighted by atomic mass is 35.6. The first-order chi connectivity index (χ1) is 6.41. The minimum absolute atomic E-state index is 0.168. The lowest BCUT2D eigenvalue weighted by Gasteiger charge is -2.33. The van der Waals surface area contributed by atoms with Gasteiger partial charge in [0.2, 0.25) is 7.38 Å². The van der Waals surface area contributed by atoms with Gasteiger partial charge in [0.1, 0.15) is 0 Å². The van der Waals surface area contributed by atoms with E-state index in [1.165, 1.54) is 0 Å². The topological polar surface area (TPSA) is 54.4 Å². The molecular weight excluding hydrogens is 254 g/mol. The Morgan fingerprint density at radius 2 is 1.80 bits per heavy atom. The Morgan fingerprint density at radius 1 is 1.33 bits per heavy atom. The summed E-state index contributed by atoms with van der Waals surface area (Å²) in [7, 11) is -1.42. The van der Waals surface area contributed by atoms with Gasteiger partial charge in [0.25, 0.3) is 10.1 Å². The van der Waals surface area contributed by atoms with Crippen molar-refractivity contribution in [3.05, 3.63) is 0 Å². The van der Waals surface area contributed by atoms with E-state index in [0.29, 0.717) is 17.4 Å². The molecule has 0 aromatic heterocycles. The molecule has 1 N–H and O–H groups in total. The van der Waals surface area contributed by atoms with Crippen molar-refractivity contribution in [2.45, 2.75) is 19.5 Å². The van der Waals surface area contributed by atoms with Crippen LogP contribution in [0.1, 0.15) is 6.42 Å². The van der Waals surface area contributed by atoms with Crippen molar-refractivity contribution in [1.82, 2.24) is 0 Å². The van der Waals surface area contributed by atoms with Gasteiger partial charge in [-0.2, -0.15) is 19.5 Å². The SMILES string of the molecule is C[N+](C)(CCCS(=O)(=O)O)C[Si](C)(C)Cl. The van der Waals surface area contributed by atoms with Crippen LogP contribution in [0, 0.1) is 0 Å². The van der Waals surface area contributed by atoms with Crippen LogP contribution in [0.15, 0.2) is 0 Å². The molecule has 0 fully saturated rings. The first-order valence-electron chi connectivity index (χ1n) is 4.87. The summed E-state index contributed by atoms with van der Waals surface area (Å²) in [5.74, 6) is -0.168. The van der Waals surface area contributed by atoms with Crippen LogP contribution in [0.2, 0.25) is 13.1 Å². The third-order valence-corrected chi connectivity index (χ3v) is 4.74.